The molecule has 0 unspecified atom stereocenters. The SMILES string of the molecule is Cc1ccc(-c2cc(-c3ccc(C)cc3C)c(C#N)c(N)n2)c(C)c1. The van der Waals surface area contributed by atoms with Crippen molar-refractivity contribution < 1.29 is 0 Å². The number of benzene rings is 2. The molecule has 3 rings (SSSR count). The Kier molecular flexibility index (Phi) is 4.29. The van der Waals surface area contributed by atoms with Gasteiger partial charge in [-0.3, -0.25) is 0 Å². The fraction of sp³-hybridized carbons (Fsp3) is 0.182. The Morgan fingerprint density at radius 2 is 1.36 bits per heavy atom. The van der Waals surface area contributed by atoms with Crippen LogP contribution in [0.2, 0.25) is 0 Å². The van der Waals surface area contributed by atoms with Crippen LogP contribution in [0.4, 0.5) is 5.82 Å². The lowest BCUT2D eigenvalue weighted by Gasteiger charge is -2.14. The number of aromatic nitrogens is 1. The van der Waals surface area contributed by atoms with Crippen LogP contribution >= 0.6 is 0 Å². The molecule has 0 aliphatic rings. The van der Waals surface area contributed by atoms with Gasteiger partial charge in [-0.1, -0.05) is 47.5 Å². The van der Waals surface area contributed by atoms with Gasteiger partial charge in [-0.15, -0.1) is 0 Å². The van der Waals surface area contributed by atoms with Gasteiger partial charge in [0.15, 0.2) is 0 Å². The minimum atomic E-state index is 0.273. The normalized spacial score (nSPS) is 10.5. The molecule has 0 amide bonds. The minimum Gasteiger partial charge on any atom is -0.383 e. The van der Waals surface area contributed by atoms with E-state index < -0.39 is 0 Å². The van der Waals surface area contributed by atoms with Crippen LogP contribution in [0, 0.1) is 39.0 Å². The highest BCUT2D eigenvalue weighted by Crippen LogP contribution is 2.34. The molecule has 0 atom stereocenters. The average Bonchev–Trinajstić information content (AvgIpc) is 2.54. The maximum atomic E-state index is 9.59. The largest absolute Gasteiger partial charge is 0.383 e. The van der Waals surface area contributed by atoms with Crippen LogP contribution < -0.4 is 5.73 Å². The second-order valence-corrected chi connectivity index (χ2v) is 6.56. The van der Waals surface area contributed by atoms with Crippen LogP contribution in [-0.4, -0.2) is 4.98 Å². The summed E-state index contributed by atoms with van der Waals surface area (Å²) in [6.07, 6.45) is 0. The van der Waals surface area contributed by atoms with Crippen molar-refractivity contribution >= 4 is 5.82 Å². The molecule has 0 radical (unpaired) electrons. The van der Waals surface area contributed by atoms with Gasteiger partial charge in [-0.25, -0.2) is 4.98 Å². The predicted molar refractivity (Wildman–Crippen MR) is 103 cm³/mol. The second-order valence-electron chi connectivity index (χ2n) is 6.56. The fourth-order valence-electron chi connectivity index (χ4n) is 3.25. The van der Waals surface area contributed by atoms with Gasteiger partial charge < -0.3 is 5.73 Å². The van der Waals surface area contributed by atoms with Gasteiger partial charge in [-0.05, 0) is 50.5 Å². The Labute approximate surface area is 148 Å². The number of aryl methyl sites for hydroxylation is 4. The van der Waals surface area contributed by atoms with Gasteiger partial charge in [-0.2, -0.15) is 5.26 Å². The van der Waals surface area contributed by atoms with Crippen LogP contribution in [0.15, 0.2) is 42.5 Å². The summed E-state index contributed by atoms with van der Waals surface area (Å²) in [6, 6.07) is 16.7. The maximum absolute atomic E-state index is 9.59. The van der Waals surface area contributed by atoms with Gasteiger partial charge in [0.05, 0.1) is 5.69 Å². The minimum absolute atomic E-state index is 0.273. The van der Waals surface area contributed by atoms with E-state index in [1.165, 1.54) is 11.1 Å². The molecule has 3 nitrogen and oxygen atoms in total. The van der Waals surface area contributed by atoms with E-state index in [0.717, 1.165) is 33.5 Å². The zero-order chi connectivity index (χ0) is 18.1. The van der Waals surface area contributed by atoms with Crippen molar-refractivity contribution in [2.24, 2.45) is 0 Å². The van der Waals surface area contributed by atoms with E-state index in [2.05, 4.69) is 69.1 Å². The lowest BCUT2D eigenvalue weighted by atomic mass is 9.93. The second kappa shape index (κ2) is 6.41. The van der Waals surface area contributed by atoms with E-state index in [-0.39, 0.29) is 5.82 Å². The monoisotopic (exact) mass is 327 g/mol. The molecular weight excluding hydrogens is 306 g/mol. The van der Waals surface area contributed by atoms with Crippen LogP contribution in [0.1, 0.15) is 27.8 Å². The first-order chi connectivity index (χ1) is 11.9. The van der Waals surface area contributed by atoms with Crippen LogP contribution in [0.5, 0.6) is 0 Å². The van der Waals surface area contributed by atoms with Gasteiger partial charge >= 0.3 is 0 Å². The molecule has 124 valence electrons. The molecule has 0 aliphatic heterocycles. The maximum Gasteiger partial charge on any atom is 0.142 e. The van der Waals surface area contributed by atoms with Crippen molar-refractivity contribution in [2.45, 2.75) is 27.7 Å². The summed E-state index contributed by atoms with van der Waals surface area (Å²) in [6.45, 7) is 8.24. The van der Waals surface area contributed by atoms with Crippen molar-refractivity contribution in [3.8, 4) is 28.5 Å². The predicted octanol–water partition coefficient (Wildman–Crippen LogP) is 5.10. The molecule has 0 saturated heterocycles. The first-order valence-corrected chi connectivity index (χ1v) is 8.26. The van der Waals surface area contributed by atoms with Crippen LogP contribution in [0.3, 0.4) is 0 Å². The quantitative estimate of drug-likeness (QED) is 0.712. The number of nitriles is 1. The number of nitrogens with zero attached hydrogens (tertiary/aromatic N) is 2. The zero-order valence-corrected chi connectivity index (χ0v) is 15.0. The molecule has 0 spiro atoms. The summed E-state index contributed by atoms with van der Waals surface area (Å²) in [4.78, 5) is 4.49. The molecule has 3 heteroatoms. The number of rotatable bonds is 2. The Balaban J connectivity index is 2.28. The third kappa shape index (κ3) is 3.12. The molecule has 1 heterocycles. The van der Waals surface area contributed by atoms with Gasteiger partial charge in [0.1, 0.15) is 17.5 Å². The molecule has 0 bridgehead atoms. The van der Waals surface area contributed by atoms with E-state index in [1.807, 2.05) is 12.1 Å². The summed E-state index contributed by atoms with van der Waals surface area (Å²) in [5.41, 5.74) is 14.9. The number of nitrogens with two attached hydrogens (primary N) is 1. The number of pyridine rings is 1. The summed E-state index contributed by atoms with van der Waals surface area (Å²) in [5.74, 6) is 0.273. The molecule has 0 saturated carbocycles. The van der Waals surface area contributed by atoms with Gasteiger partial charge in [0.2, 0.25) is 0 Å². The van der Waals surface area contributed by atoms with Crippen LogP contribution in [-0.2, 0) is 0 Å². The average molecular weight is 327 g/mol. The zero-order valence-electron chi connectivity index (χ0n) is 15.0. The van der Waals surface area contributed by atoms with Crippen molar-refractivity contribution in [3.05, 3.63) is 70.3 Å². The first-order valence-electron chi connectivity index (χ1n) is 8.26. The Hall–Kier alpha value is -3.12. The summed E-state index contributed by atoms with van der Waals surface area (Å²) in [7, 11) is 0. The number of nitrogen functional groups attached to an aromatic ring is 1. The molecule has 0 fully saturated rings. The fourth-order valence-corrected chi connectivity index (χ4v) is 3.25. The molecule has 2 N–H and O–H groups in total. The van der Waals surface area contributed by atoms with Gasteiger partial charge in [0, 0.05) is 11.1 Å². The summed E-state index contributed by atoms with van der Waals surface area (Å²) in [5, 5.41) is 9.59. The van der Waals surface area contributed by atoms with Crippen LogP contribution in [0.25, 0.3) is 22.4 Å². The lowest BCUT2D eigenvalue weighted by molar-refractivity contribution is 1.28. The molecule has 0 aliphatic carbocycles. The Morgan fingerprint density at radius 3 is 1.88 bits per heavy atom. The molecule has 25 heavy (non-hydrogen) atoms. The third-order valence-corrected chi connectivity index (χ3v) is 4.49. The topological polar surface area (TPSA) is 62.7 Å². The van der Waals surface area contributed by atoms with E-state index in [1.54, 1.807) is 0 Å². The van der Waals surface area contributed by atoms with Gasteiger partial charge in [0.25, 0.3) is 0 Å². The molecular formula is C22H21N3. The highest BCUT2D eigenvalue weighted by Gasteiger charge is 2.15. The molecule has 2 aromatic carbocycles. The number of anilines is 1. The van der Waals surface area contributed by atoms with E-state index in [0.29, 0.717) is 5.56 Å². The number of hydrogen-bond acceptors (Lipinski definition) is 3. The first kappa shape index (κ1) is 16.7. The summed E-state index contributed by atoms with van der Waals surface area (Å²) >= 11 is 0. The molecule has 3 aromatic rings. The smallest absolute Gasteiger partial charge is 0.142 e. The van der Waals surface area contributed by atoms with Crippen molar-refractivity contribution in [1.29, 1.82) is 5.26 Å². The Bertz CT molecular complexity index is 1010. The third-order valence-electron chi connectivity index (χ3n) is 4.49. The highest BCUT2D eigenvalue weighted by atomic mass is 14.8. The van der Waals surface area contributed by atoms with Crippen molar-refractivity contribution in [1.82, 2.24) is 4.98 Å². The Morgan fingerprint density at radius 1 is 0.800 bits per heavy atom. The highest BCUT2D eigenvalue weighted by molar-refractivity contribution is 5.82. The number of hydrogen-bond donors (Lipinski definition) is 1. The summed E-state index contributed by atoms with van der Waals surface area (Å²) < 4.78 is 0. The van der Waals surface area contributed by atoms with E-state index in [4.69, 9.17) is 5.73 Å². The standard InChI is InChI=1S/C22H21N3/c1-13-5-7-17(15(3)9-13)19-11-21(25-22(24)20(19)12-23)18-8-6-14(2)10-16(18)4/h5-11H,1-4H3,(H2,24,25). The molecule has 1 aromatic heterocycles. The lowest BCUT2D eigenvalue weighted by Crippen LogP contribution is -2.01. The van der Waals surface area contributed by atoms with Crippen molar-refractivity contribution in [2.75, 3.05) is 5.73 Å². The van der Waals surface area contributed by atoms with E-state index >= 15 is 0 Å². The van der Waals surface area contributed by atoms with Crippen molar-refractivity contribution in [3.63, 3.8) is 0 Å². The van der Waals surface area contributed by atoms with E-state index in [9.17, 15) is 5.26 Å².